The first-order valence-electron chi connectivity index (χ1n) is 9.64. The molecular weight excluding hydrogens is 416 g/mol. The monoisotopic (exact) mass is 431 g/mol. The number of hydrogen-bond donors (Lipinski definition) is 1. The van der Waals surface area contributed by atoms with Gasteiger partial charge in [-0.15, -0.1) is 0 Å². The van der Waals surface area contributed by atoms with Crippen LogP contribution >= 0.6 is 0 Å². The van der Waals surface area contributed by atoms with Crippen molar-refractivity contribution in [3.63, 3.8) is 0 Å². The van der Waals surface area contributed by atoms with E-state index < -0.39 is 17.6 Å². The maximum Gasteiger partial charge on any atom is 0.338 e. The molecule has 0 atom stereocenters. The number of nitrogens with zero attached hydrogens (tertiary/aromatic N) is 5. The Morgan fingerprint density at radius 3 is 2.44 bits per heavy atom. The van der Waals surface area contributed by atoms with E-state index in [0.29, 0.717) is 34.1 Å². The van der Waals surface area contributed by atoms with Crippen molar-refractivity contribution in [1.82, 2.24) is 24.5 Å². The quantitative estimate of drug-likeness (QED) is 0.448. The van der Waals surface area contributed by atoms with Crippen LogP contribution < -0.4 is 0 Å². The van der Waals surface area contributed by atoms with Crippen LogP contribution in [0.4, 0.5) is 8.78 Å². The van der Waals surface area contributed by atoms with Crippen LogP contribution in [0.2, 0.25) is 0 Å². The van der Waals surface area contributed by atoms with Crippen molar-refractivity contribution >= 4 is 27.9 Å². The van der Waals surface area contributed by atoms with Gasteiger partial charge in [-0.2, -0.15) is 0 Å². The van der Waals surface area contributed by atoms with Gasteiger partial charge in [0.1, 0.15) is 34.3 Å². The number of halogens is 2. The third kappa shape index (κ3) is 2.97. The molecule has 32 heavy (non-hydrogen) atoms. The molecule has 0 spiro atoms. The first-order chi connectivity index (χ1) is 15.3. The van der Waals surface area contributed by atoms with Crippen LogP contribution in [0.5, 0.6) is 0 Å². The van der Waals surface area contributed by atoms with Gasteiger partial charge >= 0.3 is 5.97 Å². The van der Waals surface area contributed by atoms with Crippen LogP contribution in [-0.4, -0.2) is 35.6 Å². The number of carboxylic acids is 1. The van der Waals surface area contributed by atoms with E-state index in [2.05, 4.69) is 19.9 Å². The molecule has 5 rings (SSSR count). The first kappa shape index (κ1) is 19.7. The Kier molecular flexibility index (Phi) is 4.40. The summed E-state index contributed by atoms with van der Waals surface area (Å²) in [4.78, 5) is 28.9. The molecule has 1 N–H and O–H groups in total. The van der Waals surface area contributed by atoms with Crippen LogP contribution in [0.15, 0.2) is 48.8 Å². The van der Waals surface area contributed by atoms with E-state index in [-0.39, 0.29) is 22.0 Å². The van der Waals surface area contributed by atoms with E-state index in [4.69, 9.17) is 0 Å². The highest BCUT2D eigenvalue weighted by atomic mass is 19.1. The Hall–Kier alpha value is -4.27. The highest BCUT2D eigenvalue weighted by Gasteiger charge is 2.21. The molecule has 0 amide bonds. The van der Waals surface area contributed by atoms with E-state index in [9.17, 15) is 18.7 Å². The molecule has 0 saturated heterocycles. The van der Waals surface area contributed by atoms with Gasteiger partial charge in [-0.1, -0.05) is 0 Å². The molecule has 0 aliphatic heterocycles. The van der Waals surface area contributed by atoms with Crippen LogP contribution in [0, 0.1) is 25.5 Å². The minimum absolute atomic E-state index is 0.0185. The zero-order valence-corrected chi connectivity index (χ0v) is 17.0. The lowest BCUT2D eigenvalue weighted by Crippen LogP contribution is -2.03. The zero-order chi connectivity index (χ0) is 22.6. The molecule has 9 heteroatoms. The second-order valence-electron chi connectivity index (χ2n) is 7.26. The molecule has 158 valence electrons. The second kappa shape index (κ2) is 7.16. The summed E-state index contributed by atoms with van der Waals surface area (Å²) in [7, 11) is 0. The second-order valence-corrected chi connectivity index (χ2v) is 7.26. The van der Waals surface area contributed by atoms with Crippen molar-refractivity contribution in [2.24, 2.45) is 0 Å². The maximum absolute atomic E-state index is 14.8. The molecule has 0 saturated carbocycles. The van der Waals surface area contributed by atoms with E-state index in [1.807, 2.05) is 0 Å². The minimum Gasteiger partial charge on any atom is -0.478 e. The summed E-state index contributed by atoms with van der Waals surface area (Å²) in [6.45, 7) is 3.40. The summed E-state index contributed by atoms with van der Waals surface area (Å²) < 4.78 is 30.7. The number of benzene rings is 2. The Bertz CT molecular complexity index is 1560. The van der Waals surface area contributed by atoms with Gasteiger partial charge in [0.05, 0.1) is 27.8 Å². The molecule has 7 nitrogen and oxygen atoms in total. The van der Waals surface area contributed by atoms with Gasteiger partial charge in [0.15, 0.2) is 0 Å². The largest absolute Gasteiger partial charge is 0.478 e. The van der Waals surface area contributed by atoms with Crippen molar-refractivity contribution in [1.29, 1.82) is 0 Å². The molecule has 0 unspecified atom stereocenters. The Morgan fingerprint density at radius 1 is 0.938 bits per heavy atom. The lowest BCUT2D eigenvalue weighted by atomic mass is 10.1. The number of carbonyl (C=O) groups is 1. The van der Waals surface area contributed by atoms with Crippen molar-refractivity contribution in [2.45, 2.75) is 13.8 Å². The van der Waals surface area contributed by atoms with Gasteiger partial charge in [0.25, 0.3) is 0 Å². The molecule has 0 radical (unpaired) electrons. The van der Waals surface area contributed by atoms with Gasteiger partial charge in [-0.3, -0.25) is 9.55 Å². The predicted molar refractivity (Wildman–Crippen MR) is 114 cm³/mol. The number of aromatic carboxylic acids is 1. The molecule has 0 aliphatic rings. The van der Waals surface area contributed by atoms with Gasteiger partial charge in [-0.05, 0) is 50.2 Å². The molecule has 5 aromatic rings. The molecule has 3 heterocycles. The van der Waals surface area contributed by atoms with Crippen molar-refractivity contribution < 1.29 is 18.7 Å². The Balaban J connectivity index is 1.90. The number of carboxylic acid groups (broad SMARTS) is 1. The van der Waals surface area contributed by atoms with Crippen molar-refractivity contribution in [2.75, 3.05) is 0 Å². The molecule has 0 bridgehead atoms. The Morgan fingerprint density at radius 2 is 1.69 bits per heavy atom. The molecule has 2 aromatic carbocycles. The average molecular weight is 431 g/mol. The van der Waals surface area contributed by atoms with Gasteiger partial charge in [-0.25, -0.2) is 28.5 Å². The summed E-state index contributed by atoms with van der Waals surface area (Å²) in [5.74, 6) is -1.53. The maximum atomic E-state index is 14.8. The molecule has 0 fully saturated rings. The summed E-state index contributed by atoms with van der Waals surface area (Å²) in [5, 5.41) is 9.81. The Labute approximate surface area is 180 Å². The minimum atomic E-state index is -1.16. The number of aromatic nitrogens is 5. The summed E-state index contributed by atoms with van der Waals surface area (Å²) in [5.41, 5.74) is 1.87. The standard InChI is InChI=1S/C23H15F2N5O2/c1-11-26-7-5-17(28-11)13-9-14(23(31)32)21-19(10-13)30(12(2)29-21)18-6-8-27-22-16(25)4-3-15(24)20(18)22/h3-10H,1-2H3,(H,31,32). The zero-order valence-electron chi connectivity index (χ0n) is 17.0. The highest BCUT2D eigenvalue weighted by molar-refractivity contribution is 6.04. The number of rotatable bonds is 3. The third-order valence-electron chi connectivity index (χ3n) is 5.24. The van der Waals surface area contributed by atoms with Gasteiger partial charge in [0, 0.05) is 18.0 Å². The topological polar surface area (TPSA) is 93.8 Å². The highest BCUT2D eigenvalue weighted by Crippen LogP contribution is 2.33. The van der Waals surface area contributed by atoms with Gasteiger partial charge in [0.2, 0.25) is 0 Å². The van der Waals surface area contributed by atoms with E-state index in [1.54, 1.807) is 42.8 Å². The average Bonchev–Trinajstić information content (AvgIpc) is 3.10. The lowest BCUT2D eigenvalue weighted by Gasteiger charge is -2.12. The number of hydrogen-bond acceptors (Lipinski definition) is 5. The number of pyridine rings is 1. The number of imidazole rings is 1. The fourth-order valence-corrected chi connectivity index (χ4v) is 3.89. The van der Waals surface area contributed by atoms with Crippen LogP contribution in [-0.2, 0) is 0 Å². The fourth-order valence-electron chi connectivity index (χ4n) is 3.89. The van der Waals surface area contributed by atoms with Crippen LogP contribution in [0.3, 0.4) is 0 Å². The van der Waals surface area contributed by atoms with Crippen LogP contribution in [0.1, 0.15) is 22.0 Å². The van der Waals surface area contributed by atoms with Crippen molar-refractivity contribution in [3.05, 3.63) is 77.6 Å². The van der Waals surface area contributed by atoms with E-state index >= 15 is 0 Å². The molecule has 3 aromatic heterocycles. The van der Waals surface area contributed by atoms with Crippen LogP contribution in [0.25, 0.3) is 38.9 Å². The lowest BCUT2D eigenvalue weighted by molar-refractivity contribution is 0.0699. The third-order valence-corrected chi connectivity index (χ3v) is 5.24. The molecule has 0 aliphatic carbocycles. The summed E-state index contributed by atoms with van der Waals surface area (Å²) >= 11 is 0. The predicted octanol–water partition coefficient (Wildman–Crippen LogP) is 4.62. The SMILES string of the molecule is Cc1nccc(-c2cc(C(=O)O)c3nc(C)n(-c4ccnc5c(F)ccc(F)c45)c3c2)n1. The summed E-state index contributed by atoms with van der Waals surface area (Å²) in [6.07, 6.45) is 2.96. The fraction of sp³-hybridized carbons (Fsp3) is 0.0870. The number of fused-ring (bicyclic) bond motifs is 2. The normalized spacial score (nSPS) is 11.4. The summed E-state index contributed by atoms with van der Waals surface area (Å²) in [6, 6.07) is 8.49. The number of aryl methyl sites for hydroxylation is 2. The van der Waals surface area contributed by atoms with Gasteiger partial charge < -0.3 is 5.11 Å². The first-order valence-corrected chi connectivity index (χ1v) is 9.64. The van der Waals surface area contributed by atoms with Crippen molar-refractivity contribution in [3.8, 4) is 16.9 Å². The van der Waals surface area contributed by atoms with E-state index in [1.165, 1.54) is 12.3 Å². The smallest absolute Gasteiger partial charge is 0.338 e. The van der Waals surface area contributed by atoms with E-state index in [0.717, 1.165) is 12.1 Å². The molecular formula is C23H15F2N5O2.